The number of rotatable bonds is 7. The highest BCUT2D eigenvalue weighted by Gasteiger charge is 2.35. The number of carbonyl (C=O) groups excluding carboxylic acids is 2. The molecule has 1 saturated heterocycles. The van der Waals surface area contributed by atoms with Crippen molar-refractivity contribution in [3.05, 3.63) is 96.4 Å². The molecule has 5 nitrogen and oxygen atoms in total. The third-order valence-corrected chi connectivity index (χ3v) is 7.08. The Kier molecular flexibility index (Phi) is 7.77. The summed E-state index contributed by atoms with van der Waals surface area (Å²) in [5.74, 6) is 0.861. The number of carbonyl (C=O) groups is 2. The van der Waals surface area contributed by atoms with Gasteiger partial charge in [-0.1, -0.05) is 46.3 Å². The lowest BCUT2D eigenvalue weighted by molar-refractivity contribution is -0.123. The van der Waals surface area contributed by atoms with Crippen molar-refractivity contribution in [1.29, 1.82) is 0 Å². The maximum atomic E-state index is 12.9. The molecule has 0 unspecified atom stereocenters. The summed E-state index contributed by atoms with van der Waals surface area (Å²) in [6, 6.07) is 21.1. The lowest BCUT2D eigenvalue weighted by Crippen LogP contribution is -2.27. The summed E-state index contributed by atoms with van der Waals surface area (Å²) >= 11 is 6.59. The molecule has 2 amide bonds. The molecule has 1 aliphatic heterocycles. The smallest absolute Gasteiger partial charge is 0.293 e. The van der Waals surface area contributed by atoms with E-state index >= 15 is 0 Å². The molecule has 168 valence electrons. The Morgan fingerprint density at radius 1 is 0.970 bits per heavy atom. The fourth-order valence-electron chi connectivity index (χ4n) is 3.20. The Hall–Kier alpha value is -2.30. The third-order valence-electron chi connectivity index (χ3n) is 4.92. The SMILES string of the molecule is COc1ccc(/C=C2\SC(=O)N(Cc3ccc(I)cc3)C2=O)cc1OCc1ccc(Br)cc1. The highest BCUT2D eigenvalue weighted by Crippen LogP contribution is 2.35. The number of imide groups is 1. The molecule has 0 radical (unpaired) electrons. The fourth-order valence-corrected chi connectivity index (χ4v) is 4.66. The topological polar surface area (TPSA) is 55.8 Å². The first-order chi connectivity index (χ1) is 15.9. The van der Waals surface area contributed by atoms with E-state index in [0.29, 0.717) is 23.0 Å². The number of hydrogen-bond donors (Lipinski definition) is 0. The Labute approximate surface area is 218 Å². The third kappa shape index (κ3) is 5.99. The van der Waals surface area contributed by atoms with Crippen molar-refractivity contribution >= 4 is 67.5 Å². The second-order valence-corrected chi connectivity index (χ2v) is 10.4. The van der Waals surface area contributed by atoms with Crippen molar-refractivity contribution in [2.75, 3.05) is 7.11 Å². The molecule has 0 aliphatic carbocycles. The van der Waals surface area contributed by atoms with Gasteiger partial charge >= 0.3 is 0 Å². The quantitative estimate of drug-likeness (QED) is 0.209. The zero-order valence-electron chi connectivity index (χ0n) is 17.6. The minimum atomic E-state index is -0.295. The fraction of sp³-hybridized carbons (Fsp3) is 0.120. The van der Waals surface area contributed by atoms with Crippen LogP contribution in [0.5, 0.6) is 11.5 Å². The van der Waals surface area contributed by atoms with E-state index < -0.39 is 0 Å². The Morgan fingerprint density at radius 2 is 1.67 bits per heavy atom. The maximum Gasteiger partial charge on any atom is 0.293 e. The van der Waals surface area contributed by atoms with Crippen LogP contribution in [-0.2, 0) is 17.9 Å². The van der Waals surface area contributed by atoms with Gasteiger partial charge in [0.2, 0.25) is 0 Å². The van der Waals surface area contributed by atoms with E-state index in [9.17, 15) is 9.59 Å². The second kappa shape index (κ2) is 10.8. The van der Waals surface area contributed by atoms with E-state index in [1.807, 2.05) is 60.7 Å². The molecule has 3 aromatic carbocycles. The van der Waals surface area contributed by atoms with Crippen LogP contribution in [0.15, 0.2) is 76.1 Å². The Balaban J connectivity index is 1.51. The van der Waals surface area contributed by atoms with E-state index in [0.717, 1.165) is 36.5 Å². The van der Waals surface area contributed by atoms with Crippen molar-refractivity contribution in [1.82, 2.24) is 4.90 Å². The van der Waals surface area contributed by atoms with Gasteiger partial charge in [0.15, 0.2) is 11.5 Å². The molecule has 0 saturated carbocycles. The monoisotopic (exact) mass is 635 g/mol. The van der Waals surface area contributed by atoms with Crippen LogP contribution in [0.4, 0.5) is 4.79 Å². The summed E-state index contributed by atoms with van der Waals surface area (Å²) in [4.78, 5) is 27.0. The van der Waals surface area contributed by atoms with Crippen LogP contribution >= 0.6 is 50.3 Å². The van der Waals surface area contributed by atoms with Gasteiger partial charge in [-0.15, -0.1) is 0 Å². The van der Waals surface area contributed by atoms with Gasteiger partial charge < -0.3 is 9.47 Å². The van der Waals surface area contributed by atoms with Crippen LogP contribution in [0.1, 0.15) is 16.7 Å². The predicted octanol–water partition coefficient (Wildman–Crippen LogP) is 6.88. The summed E-state index contributed by atoms with van der Waals surface area (Å²) in [5.41, 5.74) is 2.68. The standard InChI is InChI=1S/C25H19BrINO4S/c1-31-21-11-6-18(12-22(21)32-15-17-2-7-19(26)8-3-17)13-23-24(29)28(25(30)33-23)14-16-4-9-20(27)10-5-16/h2-13H,14-15H2,1H3/b23-13-. The van der Waals surface area contributed by atoms with Crippen molar-refractivity contribution in [2.45, 2.75) is 13.2 Å². The highest BCUT2D eigenvalue weighted by molar-refractivity contribution is 14.1. The molecular formula is C25H19BrINO4S. The molecule has 0 spiro atoms. The van der Waals surface area contributed by atoms with Gasteiger partial charge in [-0.2, -0.15) is 0 Å². The summed E-state index contributed by atoms with van der Waals surface area (Å²) in [6.07, 6.45) is 1.71. The number of halogens is 2. The first-order valence-electron chi connectivity index (χ1n) is 9.98. The van der Waals surface area contributed by atoms with Crippen LogP contribution in [0.3, 0.4) is 0 Å². The van der Waals surface area contributed by atoms with Crippen LogP contribution in [0.25, 0.3) is 6.08 Å². The van der Waals surface area contributed by atoms with E-state index in [-0.39, 0.29) is 17.7 Å². The van der Waals surface area contributed by atoms with Gasteiger partial charge in [-0.25, -0.2) is 0 Å². The molecule has 1 aliphatic rings. The minimum Gasteiger partial charge on any atom is -0.493 e. The van der Waals surface area contributed by atoms with Crippen LogP contribution in [-0.4, -0.2) is 23.2 Å². The summed E-state index contributed by atoms with van der Waals surface area (Å²) in [7, 11) is 1.58. The molecule has 1 heterocycles. The first kappa shape index (κ1) is 23.8. The molecule has 8 heteroatoms. The normalized spacial score (nSPS) is 14.8. The van der Waals surface area contributed by atoms with Gasteiger partial charge in [0, 0.05) is 8.04 Å². The maximum absolute atomic E-state index is 12.9. The molecule has 0 aromatic heterocycles. The molecule has 3 aromatic rings. The van der Waals surface area contributed by atoms with Crippen molar-refractivity contribution in [2.24, 2.45) is 0 Å². The zero-order chi connectivity index (χ0) is 23.4. The molecule has 0 N–H and O–H groups in total. The van der Waals surface area contributed by atoms with Gasteiger partial charge in [-0.3, -0.25) is 14.5 Å². The minimum absolute atomic E-state index is 0.253. The predicted molar refractivity (Wildman–Crippen MR) is 142 cm³/mol. The number of thioether (sulfide) groups is 1. The molecule has 1 fully saturated rings. The molecule has 0 atom stereocenters. The number of methoxy groups -OCH3 is 1. The second-order valence-electron chi connectivity index (χ2n) is 7.22. The van der Waals surface area contributed by atoms with Gasteiger partial charge in [-0.05, 0) is 93.5 Å². The average Bonchev–Trinajstić information content (AvgIpc) is 3.07. The van der Waals surface area contributed by atoms with E-state index in [1.54, 1.807) is 19.3 Å². The molecular weight excluding hydrogens is 617 g/mol. The summed E-state index contributed by atoms with van der Waals surface area (Å²) in [6.45, 7) is 0.628. The van der Waals surface area contributed by atoms with Gasteiger partial charge in [0.25, 0.3) is 11.1 Å². The molecule has 0 bridgehead atoms. The van der Waals surface area contributed by atoms with Gasteiger partial charge in [0.1, 0.15) is 6.61 Å². The van der Waals surface area contributed by atoms with Gasteiger partial charge in [0.05, 0.1) is 18.6 Å². The lowest BCUT2D eigenvalue weighted by Gasteiger charge is -2.13. The summed E-state index contributed by atoms with van der Waals surface area (Å²) < 4.78 is 13.5. The largest absolute Gasteiger partial charge is 0.493 e. The number of nitrogens with zero attached hydrogens (tertiary/aromatic N) is 1. The average molecular weight is 636 g/mol. The Bertz CT molecular complexity index is 1210. The van der Waals surface area contributed by atoms with Crippen molar-refractivity contribution in [3.63, 3.8) is 0 Å². The number of ether oxygens (including phenoxy) is 2. The van der Waals surface area contributed by atoms with E-state index in [1.165, 1.54) is 4.90 Å². The van der Waals surface area contributed by atoms with Crippen molar-refractivity contribution in [3.8, 4) is 11.5 Å². The Morgan fingerprint density at radius 3 is 2.36 bits per heavy atom. The number of amides is 2. The molecule has 33 heavy (non-hydrogen) atoms. The van der Waals surface area contributed by atoms with Crippen LogP contribution in [0.2, 0.25) is 0 Å². The number of benzene rings is 3. The lowest BCUT2D eigenvalue weighted by atomic mass is 10.1. The number of hydrogen-bond acceptors (Lipinski definition) is 5. The summed E-state index contributed by atoms with van der Waals surface area (Å²) in [5, 5.41) is -0.273. The van der Waals surface area contributed by atoms with E-state index in [4.69, 9.17) is 9.47 Å². The molecule has 4 rings (SSSR count). The van der Waals surface area contributed by atoms with E-state index in [2.05, 4.69) is 38.5 Å². The zero-order valence-corrected chi connectivity index (χ0v) is 22.1. The van der Waals surface area contributed by atoms with Crippen LogP contribution < -0.4 is 9.47 Å². The highest BCUT2D eigenvalue weighted by atomic mass is 127. The van der Waals surface area contributed by atoms with Crippen molar-refractivity contribution < 1.29 is 19.1 Å². The first-order valence-corrected chi connectivity index (χ1v) is 12.7. The van der Waals surface area contributed by atoms with Crippen LogP contribution in [0, 0.1) is 3.57 Å².